The summed E-state index contributed by atoms with van der Waals surface area (Å²) < 4.78 is 0. The third-order valence-electron chi connectivity index (χ3n) is 2.91. The molecule has 3 nitrogen and oxygen atoms in total. The van der Waals surface area contributed by atoms with Gasteiger partial charge < -0.3 is 5.11 Å². The summed E-state index contributed by atoms with van der Waals surface area (Å²) in [7, 11) is 0. The first kappa shape index (κ1) is 15.8. The molecule has 0 unspecified atom stereocenters. The fraction of sp³-hybridized carbons (Fsp3) is 0.625. The molecule has 0 aliphatic heterocycles. The standard InChI is InChI=1S/C16H25NO2/c1-16(2,3)11-13-8-9-14(17-12-13)15(19)7-5-4-6-10-18/h8-9,12,18H,4-7,10-11H2,1-3H3. The number of rotatable bonds is 7. The quantitative estimate of drug-likeness (QED) is 0.606. The zero-order valence-electron chi connectivity index (χ0n) is 12.3. The monoisotopic (exact) mass is 263 g/mol. The second-order valence-corrected chi connectivity index (χ2v) is 6.25. The van der Waals surface area contributed by atoms with Gasteiger partial charge in [-0.25, -0.2) is 0 Å². The highest BCUT2D eigenvalue weighted by Gasteiger charge is 2.12. The normalized spacial score (nSPS) is 11.6. The molecule has 106 valence electrons. The highest BCUT2D eigenvalue weighted by Crippen LogP contribution is 2.20. The van der Waals surface area contributed by atoms with Crippen LogP contribution in [0, 0.1) is 5.41 Å². The lowest BCUT2D eigenvalue weighted by Crippen LogP contribution is -2.10. The van der Waals surface area contributed by atoms with Gasteiger partial charge in [0.1, 0.15) is 5.69 Å². The summed E-state index contributed by atoms with van der Waals surface area (Å²) in [5, 5.41) is 8.67. The molecular weight excluding hydrogens is 238 g/mol. The number of unbranched alkanes of at least 4 members (excludes halogenated alkanes) is 2. The molecule has 0 aliphatic rings. The maximum absolute atomic E-state index is 11.9. The van der Waals surface area contributed by atoms with E-state index in [1.165, 1.54) is 5.56 Å². The van der Waals surface area contributed by atoms with Crippen LogP contribution in [0.3, 0.4) is 0 Å². The summed E-state index contributed by atoms with van der Waals surface area (Å²) in [6, 6.07) is 3.83. The predicted molar refractivity (Wildman–Crippen MR) is 77.3 cm³/mol. The SMILES string of the molecule is CC(C)(C)Cc1ccc(C(=O)CCCCCO)nc1. The van der Waals surface area contributed by atoms with Crippen LogP contribution in [0.5, 0.6) is 0 Å². The number of pyridine rings is 1. The molecule has 19 heavy (non-hydrogen) atoms. The van der Waals surface area contributed by atoms with Gasteiger partial charge in [-0.1, -0.05) is 33.3 Å². The molecular formula is C16H25NO2. The van der Waals surface area contributed by atoms with Gasteiger partial charge in [-0.2, -0.15) is 0 Å². The number of aliphatic hydroxyl groups excluding tert-OH is 1. The molecule has 0 saturated heterocycles. The topological polar surface area (TPSA) is 50.2 Å². The van der Waals surface area contributed by atoms with E-state index < -0.39 is 0 Å². The summed E-state index contributed by atoms with van der Waals surface area (Å²) in [6.45, 7) is 6.77. The van der Waals surface area contributed by atoms with Gasteiger partial charge >= 0.3 is 0 Å². The predicted octanol–water partition coefficient (Wildman–Crippen LogP) is 3.41. The molecule has 0 aliphatic carbocycles. The molecule has 0 bridgehead atoms. The zero-order chi connectivity index (χ0) is 14.3. The third-order valence-corrected chi connectivity index (χ3v) is 2.91. The lowest BCUT2D eigenvalue weighted by molar-refractivity contribution is 0.0973. The Morgan fingerprint density at radius 1 is 1.21 bits per heavy atom. The average Bonchev–Trinajstić information content (AvgIpc) is 2.33. The largest absolute Gasteiger partial charge is 0.396 e. The summed E-state index contributed by atoms with van der Waals surface area (Å²) in [5.74, 6) is 0.0975. The number of carbonyl (C=O) groups excluding carboxylic acids is 1. The van der Waals surface area contributed by atoms with Crippen molar-refractivity contribution in [2.45, 2.75) is 52.9 Å². The molecule has 0 aromatic carbocycles. The number of aliphatic hydroxyl groups is 1. The number of hydrogen-bond donors (Lipinski definition) is 1. The lowest BCUT2D eigenvalue weighted by atomic mass is 9.89. The molecule has 1 aromatic heterocycles. The molecule has 1 heterocycles. The van der Waals surface area contributed by atoms with Gasteiger partial charge in [-0.15, -0.1) is 0 Å². The van der Waals surface area contributed by atoms with Crippen LogP contribution < -0.4 is 0 Å². The van der Waals surface area contributed by atoms with E-state index in [0.29, 0.717) is 12.1 Å². The van der Waals surface area contributed by atoms with Gasteiger partial charge in [0, 0.05) is 19.2 Å². The lowest BCUT2D eigenvalue weighted by Gasteiger charge is -2.17. The van der Waals surface area contributed by atoms with Crippen molar-refractivity contribution in [3.8, 4) is 0 Å². The minimum Gasteiger partial charge on any atom is -0.396 e. The van der Waals surface area contributed by atoms with E-state index >= 15 is 0 Å². The molecule has 3 heteroatoms. The number of ketones is 1. The van der Waals surface area contributed by atoms with Crippen molar-refractivity contribution in [1.29, 1.82) is 0 Å². The Labute approximate surface area is 116 Å². The van der Waals surface area contributed by atoms with Crippen LogP contribution in [0.1, 0.15) is 62.5 Å². The molecule has 1 N–H and O–H groups in total. The number of Topliss-reactive ketones (excluding diaryl/α,β-unsaturated/α-hetero) is 1. The molecule has 0 atom stereocenters. The smallest absolute Gasteiger partial charge is 0.181 e. The van der Waals surface area contributed by atoms with Gasteiger partial charge in [0.25, 0.3) is 0 Å². The number of nitrogens with zero attached hydrogens (tertiary/aromatic N) is 1. The summed E-state index contributed by atoms with van der Waals surface area (Å²) in [5.41, 5.74) is 1.96. The van der Waals surface area contributed by atoms with Crippen LogP contribution in [-0.2, 0) is 6.42 Å². The minimum absolute atomic E-state index is 0.0975. The Bertz CT molecular complexity index is 390. The molecule has 0 fully saturated rings. The number of carbonyl (C=O) groups is 1. The second-order valence-electron chi connectivity index (χ2n) is 6.25. The van der Waals surface area contributed by atoms with Crippen molar-refractivity contribution in [2.24, 2.45) is 5.41 Å². The fourth-order valence-corrected chi connectivity index (χ4v) is 2.01. The zero-order valence-corrected chi connectivity index (χ0v) is 12.3. The Kier molecular flexibility index (Phi) is 6.16. The molecule has 1 aromatic rings. The van der Waals surface area contributed by atoms with E-state index in [0.717, 1.165) is 25.7 Å². The van der Waals surface area contributed by atoms with E-state index in [4.69, 9.17) is 5.11 Å². The highest BCUT2D eigenvalue weighted by molar-refractivity contribution is 5.94. The van der Waals surface area contributed by atoms with Gasteiger partial charge in [-0.05, 0) is 36.3 Å². The van der Waals surface area contributed by atoms with Crippen molar-refractivity contribution in [2.75, 3.05) is 6.61 Å². The first-order valence-corrected chi connectivity index (χ1v) is 7.01. The Hall–Kier alpha value is -1.22. The van der Waals surface area contributed by atoms with Crippen molar-refractivity contribution < 1.29 is 9.90 Å². The molecule has 0 saturated carbocycles. The first-order valence-electron chi connectivity index (χ1n) is 7.01. The maximum Gasteiger partial charge on any atom is 0.181 e. The van der Waals surface area contributed by atoms with Crippen molar-refractivity contribution >= 4 is 5.78 Å². The van der Waals surface area contributed by atoms with E-state index in [9.17, 15) is 4.79 Å². The fourth-order valence-electron chi connectivity index (χ4n) is 2.01. The van der Waals surface area contributed by atoms with Gasteiger partial charge in [0.2, 0.25) is 0 Å². The Morgan fingerprint density at radius 2 is 1.95 bits per heavy atom. The van der Waals surface area contributed by atoms with E-state index in [2.05, 4.69) is 25.8 Å². The summed E-state index contributed by atoms with van der Waals surface area (Å²) >= 11 is 0. The van der Waals surface area contributed by atoms with E-state index in [1.54, 1.807) is 0 Å². The average molecular weight is 263 g/mol. The first-order chi connectivity index (χ1) is 8.92. The Balaban J connectivity index is 2.49. The molecule has 1 rings (SSSR count). The van der Waals surface area contributed by atoms with Gasteiger partial charge in [-0.3, -0.25) is 9.78 Å². The molecule has 0 amide bonds. The number of aromatic nitrogens is 1. The van der Waals surface area contributed by atoms with Crippen LogP contribution in [0.25, 0.3) is 0 Å². The second kappa shape index (κ2) is 7.39. The number of hydrogen-bond acceptors (Lipinski definition) is 3. The van der Waals surface area contributed by atoms with E-state index in [1.807, 2.05) is 18.3 Å². The van der Waals surface area contributed by atoms with Gasteiger partial charge in [0.15, 0.2) is 5.78 Å². The van der Waals surface area contributed by atoms with Crippen LogP contribution >= 0.6 is 0 Å². The van der Waals surface area contributed by atoms with Crippen molar-refractivity contribution in [3.63, 3.8) is 0 Å². The third kappa shape index (κ3) is 6.48. The minimum atomic E-state index is 0.0975. The highest BCUT2D eigenvalue weighted by atomic mass is 16.2. The van der Waals surface area contributed by atoms with Gasteiger partial charge in [0.05, 0.1) is 0 Å². The van der Waals surface area contributed by atoms with Crippen LogP contribution in [-0.4, -0.2) is 22.5 Å². The van der Waals surface area contributed by atoms with Crippen molar-refractivity contribution in [1.82, 2.24) is 4.98 Å². The summed E-state index contributed by atoms with van der Waals surface area (Å²) in [6.07, 6.45) is 5.78. The maximum atomic E-state index is 11.9. The van der Waals surface area contributed by atoms with Crippen LogP contribution in [0.4, 0.5) is 0 Å². The molecule has 0 radical (unpaired) electrons. The van der Waals surface area contributed by atoms with Crippen LogP contribution in [0.15, 0.2) is 18.3 Å². The Morgan fingerprint density at radius 3 is 2.47 bits per heavy atom. The van der Waals surface area contributed by atoms with E-state index in [-0.39, 0.29) is 17.8 Å². The molecule has 0 spiro atoms. The summed E-state index contributed by atoms with van der Waals surface area (Å²) in [4.78, 5) is 16.1. The van der Waals surface area contributed by atoms with Crippen molar-refractivity contribution in [3.05, 3.63) is 29.6 Å². The van der Waals surface area contributed by atoms with Crippen LogP contribution in [0.2, 0.25) is 0 Å².